The predicted octanol–water partition coefficient (Wildman–Crippen LogP) is 4.17. The highest BCUT2D eigenvalue weighted by Gasteiger charge is 2.22. The lowest BCUT2D eigenvalue weighted by Gasteiger charge is -2.26. The Labute approximate surface area is 123 Å². The molecule has 0 aliphatic rings. The first-order valence-corrected chi connectivity index (χ1v) is 7.25. The van der Waals surface area contributed by atoms with Crippen LogP contribution in [0.1, 0.15) is 52.1 Å². The number of hydrogen-bond donors (Lipinski definition) is 1. The Morgan fingerprint density at radius 3 is 2.00 bits per heavy atom. The van der Waals surface area contributed by atoms with E-state index in [2.05, 4.69) is 27.7 Å². The quantitative estimate of drug-likeness (QED) is 0.850. The van der Waals surface area contributed by atoms with Crippen molar-refractivity contribution in [2.45, 2.75) is 46.6 Å². The zero-order valence-corrected chi connectivity index (χ0v) is 13.7. The van der Waals surface area contributed by atoms with Crippen LogP contribution in [0.25, 0.3) is 0 Å². The third kappa shape index (κ3) is 4.71. The van der Waals surface area contributed by atoms with Crippen LogP contribution in [0.5, 0.6) is 11.5 Å². The predicted molar refractivity (Wildman–Crippen MR) is 84.3 cm³/mol. The molecule has 1 rings (SSSR count). The van der Waals surface area contributed by atoms with Gasteiger partial charge in [-0.2, -0.15) is 0 Å². The van der Waals surface area contributed by atoms with E-state index in [0.29, 0.717) is 11.3 Å². The molecule has 0 spiro atoms. The van der Waals surface area contributed by atoms with Crippen LogP contribution in [-0.2, 0) is 0 Å². The first-order chi connectivity index (χ1) is 9.28. The van der Waals surface area contributed by atoms with E-state index in [9.17, 15) is 0 Å². The molecule has 1 aromatic rings. The van der Waals surface area contributed by atoms with Crippen molar-refractivity contribution in [3.8, 4) is 11.5 Å². The molecule has 0 heterocycles. The van der Waals surface area contributed by atoms with E-state index in [-0.39, 0.29) is 6.04 Å². The van der Waals surface area contributed by atoms with Gasteiger partial charge in [-0.05, 0) is 36.3 Å². The minimum atomic E-state index is -0.0709. The van der Waals surface area contributed by atoms with E-state index in [4.69, 9.17) is 15.2 Å². The Hall–Kier alpha value is -1.22. The molecule has 0 aromatic heterocycles. The molecule has 20 heavy (non-hydrogen) atoms. The van der Waals surface area contributed by atoms with Crippen molar-refractivity contribution in [1.29, 1.82) is 0 Å². The zero-order chi connectivity index (χ0) is 15.3. The van der Waals surface area contributed by atoms with Gasteiger partial charge in [0.15, 0.2) is 0 Å². The molecule has 1 aromatic carbocycles. The van der Waals surface area contributed by atoms with E-state index in [1.165, 1.54) is 0 Å². The van der Waals surface area contributed by atoms with E-state index in [1.54, 1.807) is 14.2 Å². The van der Waals surface area contributed by atoms with E-state index in [1.807, 2.05) is 18.2 Å². The molecule has 0 radical (unpaired) electrons. The third-order valence-electron chi connectivity index (χ3n) is 3.45. The van der Waals surface area contributed by atoms with Crippen molar-refractivity contribution >= 4 is 0 Å². The molecule has 0 saturated carbocycles. The zero-order valence-electron chi connectivity index (χ0n) is 13.7. The smallest absolute Gasteiger partial charge is 0.127 e. The summed E-state index contributed by atoms with van der Waals surface area (Å²) >= 11 is 0. The summed E-state index contributed by atoms with van der Waals surface area (Å²) in [5, 5.41) is 0. The number of methoxy groups -OCH3 is 2. The first-order valence-electron chi connectivity index (χ1n) is 7.25. The average molecular weight is 279 g/mol. The van der Waals surface area contributed by atoms with Crippen molar-refractivity contribution in [3.63, 3.8) is 0 Å². The van der Waals surface area contributed by atoms with E-state index in [0.717, 1.165) is 29.9 Å². The topological polar surface area (TPSA) is 44.5 Å². The molecule has 0 aliphatic heterocycles. The second-order valence-corrected chi connectivity index (χ2v) is 6.79. The van der Waals surface area contributed by atoms with Gasteiger partial charge in [-0.15, -0.1) is 0 Å². The van der Waals surface area contributed by atoms with Gasteiger partial charge in [-0.3, -0.25) is 0 Å². The fraction of sp³-hybridized carbons (Fsp3) is 0.647. The van der Waals surface area contributed by atoms with Gasteiger partial charge >= 0.3 is 0 Å². The highest BCUT2D eigenvalue weighted by Crippen LogP contribution is 2.37. The molecule has 2 unspecified atom stereocenters. The van der Waals surface area contributed by atoms with Gasteiger partial charge in [0.05, 0.1) is 19.8 Å². The van der Waals surface area contributed by atoms with E-state index < -0.39 is 0 Å². The molecule has 0 saturated heterocycles. The lowest BCUT2D eigenvalue weighted by atomic mass is 9.82. The lowest BCUT2D eigenvalue weighted by Crippen LogP contribution is -2.19. The second kappa shape index (κ2) is 6.98. The molecule has 2 atom stereocenters. The SMILES string of the molecule is COc1cccc(OC)c1C(N)CC(C)CC(C)(C)C. The minimum Gasteiger partial charge on any atom is -0.496 e. The van der Waals surface area contributed by atoms with Crippen LogP contribution in [0.15, 0.2) is 18.2 Å². The van der Waals surface area contributed by atoms with Crippen LogP contribution in [-0.4, -0.2) is 14.2 Å². The van der Waals surface area contributed by atoms with Crippen LogP contribution in [0.2, 0.25) is 0 Å². The third-order valence-corrected chi connectivity index (χ3v) is 3.45. The maximum atomic E-state index is 6.41. The van der Waals surface area contributed by atoms with Crippen molar-refractivity contribution < 1.29 is 9.47 Å². The van der Waals surface area contributed by atoms with Gasteiger partial charge in [0.1, 0.15) is 11.5 Å². The number of benzene rings is 1. The van der Waals surface area contributed by atoms with Gasteiger partial charge in [0.2, 0.25) is 0 Å². The molecular weight excluding hydrogens is 250 g/mol. The fourth-order valence-electron chi connectivity index (χ4n) is 2.93. The van der Waals surface area contributed by atoms with Gasteiger partial charge in [-0.25, -0.2) is 0 Å². The number of nitrogens with two attached hydrogens (primary N) is 1. The molecule has 0 amide bonds. The minimum absolute atomic E-state index is 0.0709. The Bertz CT molecular complexity index is 401. The molecule has 2 N–H and O–H groups in total. The van der Waals surface area contributed by atoms with Crippen LogP contribution in [0.4, 0.5) is 0 Å². The fourth-order valence-corrected chi connectivity index (χ4v) is 2.93. The average Bonchev–Trinajstić information content (AvgIpc) is 2.35. The molecule has 0 aliphatic carbocycles. The number of rotatable bonds is 6. The molecule has 3 nitrogen and oxygen atoms in total. The summed E-state index contributed by atoms with van der Waals surface area (Å²) in [4.78, 5) is 0. The standard InChI is InChI=1S/C17H29NO2/c1-12(11-17(2,3)4)10-13(18)16-14(19-5)8-7-9-15(16)20-6/h7-9,12-13H,10-11,18H2,1-6H3. The van der Waals surface area contributed by atoms with Crippen LogP contribution in [0, 0.1) is 11.3 Å². The number of ether oxygens (including phenoxy) is 2. The Morgan fingerprint density at radius 1 is 1.10 bits per heavy atom. The summed E-state index contributed by atoms with van der Waals surface area (Å²) in [6.07, 6.45) is 2.08. The van der Waals surface area contributed by atoms with Crippen molar-refractivity contribution in [1.82, 2.24) is 0 Å². The summed E-state index contributed by atoms with van der Waals surface area (Å²) < 4.78 is 10.9. The van der Waals surface area contributed by atoms with Crippen LogP contribution in [0.3, 0.4) is 0 Å². The summed E-state index contributed by atoms with van der Waals surface area (Å²) in [5.74, 6) is 2.17. The summed E-state index contributed by atoms with van der Waals surface area (Å²) in [5.41, 5.74) is 7.70. The molecule has 114 valence electrons. The lowest BCUT2D eigenvalue weighted by molar-refractivity contribution is 0.283. The van der Waals surface area contributed by atoms with Gasteiger partial charge < -0.3 is 15.2 Å². The summed E-state index contributed by atoms with van der Waals surface area (Å²) in [7, 11) is 3.34. The normalized spacial score (nSPS) is 14.8. The Kier molecular flexibility index (Phi) is 5.88. The first kappa shape index (κ1) is 16.8. The van der Waals surface area contributed by atoms with Crippen molar-refractivity contribution in [3.05, 3.63) is 23.8 Å². The van der Waals surface area contributed by atoms with Crippen molar-refractivity contribution in [2.75, 3.05) is 14.2 Å². The maximum Gasteiger partial charge on any atom is 0.127 e. The number of hydrogen-bond acceptors (Lipinski definition) is 3. The molecule has 0 fully saturated rings. The van der Waals surface area contributed by atoms with Crippen LogP contribution >= 0.6 is 0 Å². The van der Waals surface area contributed by atoms with Gasteiger partial charge in [-0.1, -0.05) is 33.8 Å². The summed E-state index contributed by atoms with van der Waals surface area (Å²) in [6, 6.07) is 5.73. The van der Waals surface area contributed by atoms with Crippen molar-refractivity contribution in [2.24, 2.45) is 17.1 Å². The van der Waals surface area contributed by atoms with E-state index >= 15 is 0 Å². The molecular formula is C17H29NO2. The molecule has 3 heteroatoms. The van der Waals surface area contributed by atoms with Crippen LogP contribution < -0.4 is 15.2 Å². The maximum absolute atomic E-state index is 6.41. The molecule has 0 bridgehead atoms. The monoisotopic (exact) mass is 279 g/mol. The highest BCUT2D eigenvalue weighted by atomic mass is 16.5. The largest absolute Gasteiger partial charge is 0.496 e. The Morgan fingerprint density at radius 2 is 1.60 bits per heavy atom. The highest BCUT2D eigenvalue weighted by molar-refractivity contribution is 5.46. The van der Waals surface area contributed by atoms with Gasteiger partial charge in [0.25, 0.3) is 0 Å². The Balaban J connectivity index is 2.89. The summed E-state index contributed by atoms with van der Waals surface area (Å²) in [6.45, 7) is 9.04. The second-order valence-electron chi connectivity index (χ2n) is 6.79. The van der Waals surface area contributed by atoms with Gasteiger partial charge in [0, 0.05) is 6.04 Å².